The second-order valence-corrected chi connectivity index (χ2v) is 7.26. The molecule has 2 amide bonds. The van der Waals surface area contributed by atoms with Crippen molar-refractivity contribution in [2.75, 3.05) is 5.32 Å². The summed E-state index contributed by atoms with van der Waals surface area (Å²) < 4.78 is 39.3. The van der Waals surface area contributed by atoms with Gasteiger partial charge in [0.05, 0.1) is 5.69 Å². The number of nitrogens with one attached hydrogen (secondary N) is 2. The quantitative estimate of drug-likeness (QED) is 0.440. The zero-order valence-electron chi connectivity index (χ0n) is 17.6. The maximum absolute atomic E-state index is 12.7. The molecule has 2 heterocycles. The number of benzene rings is 2. The SMILES string of the molecule is O=C(NCc1cccc(NC(=O)c2ccncc2)c1)c1ccc(-n2ccc(C(F)(F)F)n2)cc1. The Morgan fingerprint density at radius 2 is 1.59 bits per heavy atom. The van der Waals surface area contributed by atoms with Gasteiger partial charge in [-0.25, -0.2) is 4.68 Å². The summed E-state index contributed by atoms with van der Waals surface area (Å²) in [5.74, 6) is -0.627. The summed E-state index contributed by atoms with van der Waals surface area (Å²) in [6.07, 6.45) is -0.257. The average molecular weight is 465 g/mol. The molecule has 0 radical (unpaired) electrons. The van der Waals surface area contributed by atoms with Crippen LogP contribution in [0.3, 0.4) is 0 Å². The van der Waals surface area contributed by atoms with E-state index in [4.69, 9.17) is 0 Å². The lowest BCUT2D eigenvalue weighted by Gasteiger charge is -2.09. The second kappa shape index (κ2) is 9.57. The third-order valence-corrected chi connectivity index (χ3v) is 4.85. The fraction of sp³-hybridized carbons (Fsp3) is 0.0833. The third kappa shape index (κ3) is 5.47. The molecule has 0 atom stereocenters. The summed E-state index contributed by atoms with van der Waals surface area (Å²) in [5, 5.41) is 9.08. The van der Waals surface area contributed by atoms with E-state index >= 15 is 0 Å². The van der Waals surface area contributed by atoms with E-state index in [1.807, 2.05) is 0 Å². The summed E-state index contributed by atoms with van der Waals surface area (Å²) in [6, 6.07) is 17.2. The number of alkyl halides is 3. The van der Waals surface area contributed by atoms with Crippen LogP contribution in [0.1, 0.15) is 32.0 Å². The Balaban J connectivity index is 1.36. The average Bonchev–Trinajstić information content (AvgIpc) is 3.35. The Bertz CT molecular complexity index is 1300. The normalized spacial score (nSPS) is 11.1. The first kappa shape index (κ1) is 22.7. The van der Waals surface area contributed by atoms with Crippen LogP contribution in [-0.4, -0.2) is 26.6 Å². The minimum Gasteiger partial charge on any atom is -0.348 e. The maximum atomic E-state index is 12.7. The minimum atomic E-state index is -4.52. The van der Waals surface area contributed by atoms with Gasteiger partial charge in [-0.1, -0.05) is 12.1 Å². The van der Waals surface area contributed by atoms with Crippen molar-refractivity contribution in [1.82, 2.24) is 20.1 Å². The highest BCUT2D eigenvalue weighted by atomic mass is 19.4. The molecule has 0 aliphatic rings. The molecule has 0 saturated carbocycles. The first-order valence-electron chi connectivity index (χ1n) is 10.1. The maximum Gasteiger partial charge on any atom is 0.435 e. The highest BCUT2D eigenvalue weighted by molar-refractivity contribution is 6.04. The molecule has 7 nitrogen and oxygen atoms in total. The van der Waals surface area contributed by atoms with Gasteiger partial charge in [0.2, 0.25) is 0 Å². The Labute approximate surface area is 192 Å². The third-order valence-electron chi connectivity index (χ3n) is 4.85. The van der Waals surface area contributed by atoms with E-state index in [0.29, 0.717) is 22.5 Å². The Morgan fingerprint density at radius 1 is 0.882 bits per heavy atom. The van der Waals surface area contributed by atoms with Crippen LogP contribution in [0.2, 0.25) is 0 Å². The van der Waals surface area contributed by atoms with Crippen molar-refractivity contribution < 1.29 is 22.8 Å². The van der Waals surface area contributed by atoms with E-state index in [9.17, 15) is 22.8 Å². The molecule has 2 N–H and O–H groups in total. The standard InChI is InChI=1S/C24H18F3N5O2/c25-24(26,27)21-10-13-32(31-21)20-6-4-17(5-7-20)22(33)29-15-16-2-1-3-19(14-16)30-23(34)18-8-11-28-12-9-18/h1-14H,15H2,(H,29,33)(H,30,34). The van der Waals surface area contributed by atoms with E-state index in [1.54, 1.807) is 36.4 Å². The van der Waals surface area contributed by atoms with E-state index in [0.717, 1.165) is 16.3 Å². The molecule has 0 aliphatic carbocycles. The van der Waals surface area contributed by atoms with Crippen LogP contribution < -0.4 is 10.6 Å². The molecule has 0 bridgehead atoms. The number of nitrogens with zero attached hydrogens (tertiary/aromatic N) is 3. The molecule has 0 spiro atoms. The predicted octanol–water partition coefficient (Wildman–Crippen LogP) is 4.47. The number of anilines is 1. The lowest BCUT2D eigenvalue weighted by molar-refractivity contribution is -0.141. The van der Waals surface area contributed by atoms with Gasteiger partial charge in [0, 0.05) is 41.9 Å². The molecule has 2 aromatic carbocycles. The fourth-order valence-corrected chi connectivity index (χ4v) is 3.13. The number of carbonyl (C=O) groups is 2. The van der Waals surface area contributed by atoms with Crippen LogP contribution in [-0.2, 0) is 12.7 Å². The zero-order valence-corrected chi connectivity index (χ0v) is 17.6. The van der Waals surface area contributed by atoms with Crippen LogP contribution in [0.4, 0.5) is 18.9 Å². The summed E-state index contributed by atoms with van der Waals surface area (Å²) in [6.45, 7) is 0.216. The van der Waals surface area contributed by atoms with Gasteiger partial charge in [-0.15, -0.1) is 0 Å². The van der Waals surface area contributed by atoms with Gasteiger partial charge in [0.1, 0.15) is 0 Å². The van der Waals surface area contributed by atoms with E-state index in [1.165, 1.54) is 42.9 Å². The molecule has 0 fully saturated rings. The minimum absolute atomic E-state index is 0.216. The molecule has 10 heteroatoms. The van der Waals surface area contributed by atoms with Crippen molar-refractivity contribution in [3.05, 3.63) is 108 Å². The molecule has 4 aromatic rings. The Kier molecular flexibility index (Phi) is 6.39. The predicted molar refractivity (Wildman–Crippen MR) is 118 cm³/mol. The summed E-state index contributed by atoms with van der Waals surface area (Å²) in [4.78, 5) is 28.7. The van der Waals surface area contributed by atoms with Crippen molar-refractivity contribution in [2.45, 2.75) is 12.7 Å². The van der Waals surface area contributed by atoms with Gasteiger partial charge >= 0.3 is 6.18 Å². The molecule has 4 rings (SSSR count). The van der Waals surface area contributed by atoms with Gasteiger partial charge in [-0.05, 0) is 60.2 Å². The van der Waals surface area contributed by atoms with Gasteiger partial charge in [0.15, 0.2) is 5.69 Å². The number of amides is 2. The Hall–Kier alpha value is -4.47. The Morgan fingerprint density at radius 3 is 2.26 bits per heavy atom. The number of aromatic nitrogens is 3. The van der Waals surface area contributed by atoms with Crippen molar-refractivity contribution >= 4 is 17.5 Å². The largest absolute Gasteiger partial charge is 0.435 e. The fourth-order valence-electron chi connectivity index (χ4n) is 3.13. The molecule has 2 aromatic heterocycles. The van der Waals surface area contributed by atoms with Crippen LogP contribution in [0.15, 0.2) is 85.3 Å². The van der Waals surface area contributed by atoms with Crippen LogP contribution >= 0.6 is 0 Å². The van der Waals surface area contributed by atoms with E-state index < -0.39 is 11.9 Å². The van der Waals surface area contributed by atoms with Crippen molar-refractivity contribution in [3.63, 3.8) is 0 Å². The van der Waals surface area contributed by atoms with E-state index in [-0.39, 0.29) is 18.4 Å². The topological polar surface area (TPSA) is 88.9 Å². The molecule has 0 saturated heterocycles. The van der Waals surface area contributed by atoms with Crippen LogP contribution in [0.25, 0.3) is 5.69 Å². The number of carbonyl (C=O) groups excluding carboxylic acids is 2. The number of hydrogen-bond acceptors (Lipinski definition) is 4. The first-order chi connectivity index (χ1) is 16.3. The highest BCUT2D eigenvalue weighted by Crippen LogP contribution is 2.27. The van der Waals surface area contributed by atoms with Crippen LogP contribution in [0, 0.1) is 0 Å². The number of hydrogen-bond donors (Lipinski definition) is 2. The highest BCUT2D eigenvalue weighted by Gasteiger charge is 2.33. The van der Waals surface area contributed by atoms with Crippen LogP contribution in [0.5, 0.6) is 0 Å². The van der Waals surface area contributed by atoms with Crippen molar-refractivity contribution in [2.24, 2.45) is 0 Å². The molecule has 0 unspecified atom stereocenters. The molecular formula is C24H18F3N5O2. The molecule has 34 heavy (non-hydrogen) atoms. The second-order valence-electron chi connectivity index (χ2n) is 7.26. The molecule has 172 valence electrons. The van der Waals surface area contributed by atoms with Crippen molar-refractivity contribution in [1.29, 1.82) is 0 Å². The molecule has 0 aliphatic heterocycles. The first-order valence-corrected chi connectivity index (χ1v) is 10.1. The number of pyridine rings is 1. The number of rotatable bonds is 6. The van der Waals surface area contributed by atoms with Gasteiger partial charge in [0.25, 0.3) is 11.8 Å². The molecular weight excluding hydrogens is 447 g/mol. The van der Waals surface area contributed by atoms with Gasteiger partial charge < -0.3 is 10.6 Å². The van der Waals surface area contributed by atoms with Gasteiger partial charge in [-0.3, -0.25) is 14.6 Å². The zero-order chi connectivity index (χ0) is 24.1. The summed E-state index contributed by atoms with van der Waals surface area (Å²) >= 11 is 0. The smallest absolute Gasteiger partial charge is 0.348 e. The lowest BCUT2D eigenvalue weighted by atomic mass is 10.1. The number of halogens is 3. The van der Waals surface area contributed by atoms with Gasteiger partial charge in [-0.2, -0.15) is 18.3 Å². The lowest BCUT2D eigenvalue weighted by Crippen LogP contribution is -2.23. The van der Waals surface area contributed by atoms with E-state index in [2.05, 4.69) is 20.7 Å². The summed E-state index contributed by atoms with van der Waals surface area (Å²) in [7, 11) is 0. The van der Waals surface area contributed by atoms with Crippen molar-refractivity contribution in [3.8, 4) is 5.69 Å². The summed E-state index contributed by atoms with van der Waals surface area (Å²) in [5.41, 5.74) is 1.57. The monoisotopic (exact) mass is 465 g/mol.